The zero-order valence-electron chi connectivity index (χ0n) is 17.0. The summed E-state index contributed by atoms with van der Waals surface area (Å²) in [5.41, 5.74) is 1.84. The number of carbonyl (C=O) groups excluding carboxylic acids is 2. The fourth-order valence-electron chi connectivity index (χ4n) is 2.76. The molecular formula is C22H25F2N3O3. The van der Waals surface area contributed by atoms with E-state index in [4.69, 9.17) is 4.74 Å². The molecular weight excluding hydrogens is 392 g/mol. The Morgan fingerprint density at radius 2 is 2.20 bits per heavy atom. The van der Waals surface area contributed by atoms with E-state index in [0.29, 0.717) is 29.0 Å². The van der Waals surface area contributed by atoms with Crippen LogP contribution in [-0.4, -0.2) is 49.9 Å². The first-order valence-electron chi connectivity index (χ1n) is 9.33. The second kappa shape index (κ2) is 10.9. The van der Waals surface area contributed by atoms with Gasteiger partial charge >= 0.3 is 0 Å². The highest BCUT2D eigenvalue weighted by Crippen LogP contribution is 2.32. The Balaban J connectivity index is 2.54. The van der Waals surface area contributed by atoms with E-state index in [1.54, 1.807) is 24.5 Å². The van der Waals surface area contributed by atoms with Crippen LogP contribution in [0.15, 0.2) is 61.0 Å². The largest absolute Gasteiger partial charge is 0.496 e. The van der Waals surface area contributed by atoms with Crippen molar-refractivity contribution in [3.05, 3.63) is 72.1 Å². The van der Waals surface area contributed by atoms with Gasteiger partial charge in [-0.25, -0.2) is 8.78 Å². The number of rotatable bonds is 7. The Hall–Kier alpha value is -3.42. The summed E-state index contributed by atoms with van der Waals surface area (Å²) in [6.07, 6.45) is 6.02. The van der Waals surface area contributed by atoms with Crippen molar-refractivity contribution in [1.29, 1.82) is 0 Å². The molecule has 2 N–H and O–H groups in total. The third-order valence-corrected chi connectivity index (χ3v) is 4.31. The van der Waals surface area contributed by atoms with Crippen molar-refractivity contribution in [2.75, 3.05) is 26.7 Å². The van der Waals surface area contributed by atoms with Crippen LogP contribution in [0.2, 0.25) is 0 Å². The van der Waals surface area contributed by atoms with Gasteiger partial charge in [-0.3, -0.25) is 9.59 Å². The second-order valence-corrected chi connectivity index (χ2v) is 6.41. The van der Waals surface area contributed by atoms with Crippen LogP contribution in [0, 0.1) is 0 Å². The Bertz CT molecular complexity index is 892. The first-order valence-corrected chi connectivity index (χ1v) is 9.33. The number of ether oxygens (including phenoxy) is 1. The molecule has 0 saturated carbocycles. The van der Waals surface area contributed by atoms with Crippen molar-refractivity contribution < 1.29 is 23.1 Å². The topological polar surface area (TPSA) is 70.7 Å². The number of nitrogens with one attached hydrogen (secondary N) is 2. The number of benzene rings is 1. The van der Waals surface area contributed by atoms with E-state index in [2.05, 4.69) is 17.2 Å². The maximum atomic E-state index is 12.5. The van der Waals surface area contributed by atoms with E-state index in [1.807, 2.05) is 19.1 Å². The fraction of sp³-hybridized carbons (Fsp3) is 0.273. The van der Waals surface area contributed by atoms with Crippen LogP contribution < -0.4 is 15.4 Å². The molecule has 1 aromatic carbocycles. The monoisotopic (exact) mass is 417 g/mol. The number of amides is 2. The van der Waals surface area contributed by atoms with Crippen molar-refractivity contribution in [3.8, 4) is 5.75 Å². The van der Waals surface area contributed by atoms with E-state index in [0.717, 1.165) is 0 Å². The van der Waals surface area contributed by atoms with Crippen LogP contribution in [-0.2, 0) is 4.79 Å². The van der Waals surface area contributed by atoms with Crippen LogP contribution in [0.4, 0.5) is 8.78 Å². The molecule has 0 aromatic heterocycles. The van der Waals surface area contributed by atoms with Crippen molar-refractivity contribution in [3.63, 3.8) is 0 Å². The van der Waals surface area contributed by atoms with Gasteiger partial charge in [-0.15, -0.1) is 0 Å². The number of carbonyl (C=O) groups is 2. The molecule has 1 heterocycles. The molecule has 6 nitrogen and oxygen atoms in total. The van der Waals surface area contributed by atoms with Crippen molar-refractivity contribution in [2.45, 2.75) is 13.3 Å². The summed E-state index contributed by atoms with van der Waals surface area (Å²) in [6, 6.07) is 4.60. The first-order chi connectivity index (χ1) is 14.4. The van der Waals surface area contributed by atoms with Crippen LogP contribution >= 0.6 is 0 Å². The Morgan fingerprint density at radius 3 is 2.87 bits per heavy atom. The molecule has 1 aromatic rings. The molecule has 30 heavy (non-hydrogen) atoms. The van der Waals surface area contributed by atoms with E-state index < -0.39 is 18.9 Å². The molecule has 2 amide bonds. The molecule has 0 saturated heterocycles. The molecule has 0 atom stereocenters. The van der Waals surface area contributed by atoms with Gasteiger partial charge in [-0.05, 0) is 43.0 Å². The lowest BCUT2D eigenvalue weighted by Gasteiger charge is -2.20. The zero-order chi connectivity index (χ0) is 22.1. The van der Waals surface area contributed by atoms with Gasteiger partial charge in [0.25, 0.3) is 12.3 Å². The summed E-state index contributed by atoms with van der Waals surface area (Å²) >= 11 is 0. The highest BCUT2D eigenvalue weighted by Gasteiger charge is 2.19. The van der Waals surface area contributed by atoms with Gasteiger partial charge in [-0.1, -0.05) is 18.7 Å². The molecule has 1 aliphatic heterocycles. The summed E-state index contributed by atoms with van der Waals surface area (Å²) in [5, 5.41) is 5.10. The average Bonchev–Trinajstić information content (AvgIpc) is 2.80. The summed E-state index contributed by atoms with van der Waals surface area (Å²) in [7, 11) is 1.48. The van der Waals surface area contributed by atoms with Gasteiger partial charge in [0.2, 0.25) is 5.91 Å². The lowest BCUT2D eigenvalue weighted by atomic mass is 9.96. The zero-order valence-corrected chi connectivity index (χ0v) is 17.0. The maximum Gasteiger partial charge on any atom is 0.255 e. The molecule has 0 aliphatic carbocycles. The number of allylic oxidation sites excluding steroid dienone is 4. The minimum absolute atomic E-state index is 0.109. The van der Waals surface area contributed by atoms with E-state index in [-0.39, 0.29) is 18.0 Å². The summed E-state index contributed by atoms with van der Waals surface area (Å²) in [6.45, 7) is 5.63. The molecule has 0 radical (unpaired) electrons. The van der Waals surface area contributed by atoms with Crippen molar-refractivity contribution in [2.24, 2.45) is 0 Å². The molecule has 8 heteroatoms. The number of methoxy groups -OCH3 is 1. The van der Waals surface area contributed by atoms with Gasteiger partial charge in [0.1, 0.15) is 5.75 Å². The van der Waals surface area contributed by atoms with Gasteiger partial charge < -0.3 is 20.3 Å². The number of hydrogen-bond acceptors (Lipinski definition) is 4. The highest BCUT2D eigenvalue weighted by molar-refractivity contribution is 5.97. The maximum absolute atomic E-state index is 12.5. The quantitative estimate of drug-likeness (QED) is 0.669. The van der Waals surface area contributed by atoms with Crippen molar-refractivity contribution >= 4 is 17.4 Å². The van der Waals surface area contributed by atoms with Gasteiger partial charge in [-0.2, -0.15) is 0 Å². The Morgan fingerprint density at radius 1 is 1.43 bits per heavy atom. The summed E-state index contributed by atoms with van der Waals surface area (Å²) in [5.74, 6) is -0.339. The predicted molar refractivity (Wildman–Crippen MR) is 112 cm³/mol. The first kappa shape index (κ1) is 22.9. The molecule has 1 aliphatic rings. The Kier molecular flexibility index (Phi) is 8.34. The van der Waals surface area contributed by atoms with E-state index >= 15 is 0 Å². The van der Waals surface area contributed by atoms with Gasteiger partial charge in [0, 0.05) is 29.4 Å². The van der Waals surface area contributed by atoms with E-state index in [9.17, 15) is 18.4 Å². The van der Waals surface area contributed by atoms with Crippen LogP contribution in [0.1, 0.15) is 22.8 Å². The van der Waals surface area contributed by atoms with E-state index in [1.165, 1.54) is 24.1 Å². The highest BCUT2D eigenvalue weighted by atomic mass is 19.3. The summed E-state index contributed by atoms with van der Waals surface area (Å²) in [4.78, 5) is 26.4. The molecule has 0 bridgehead atoms. The SMILES string of the molecule is C=C1/C=C\NCC(=O)N(C/C=C/C)/C=C\1c1cc(C(=O)NCC(F)F)ccc1OC. The number of alkyl halides is 2. The second-order valence-electron chi connectivity index (χ2n) is 6.41. The molecule has 2 rings (SSSR count). The normalized spacial score (nSPS) is 17.6. The standard InChI is InChI=1S/C22H25F2N3O3/c1-4-5-10-27-14-18(15(2)8-9-25-13-21(27)28)17-11-16(6-7-19(17)30-3)22(29)26-12-20(23)24/h4-9,11,14,20,25H,2,10,12-13H2,1,3H3,(H,26,29)/b5-4+,9-8-,18-14+. The van der Waals surface area contributed by atoms with Crippen molar-refractivity contribution in [1.82, 2.24) is 15.5 Å². The minimum atomic E-state index is -2.65. The third-order valence-electron chi connectivity index (χ3n) is 4.31. The number of nitrogens with zero attached hydrogens (tertiary/aromatic N) is 1. The van der Waals surface area contributed by atoms with Gasteiger partial charge in [0.05, 0.1) is 20.2 Å². The van der Waals surface area contributed by atoms with Crippen LogP contribution in [0.5, 0.6) is 5.75 Å². The summed E-state index contributed by atoms with van der Waals surface area (Å²) < 4.78 is 30.3. The van der Waals surface area contributed by atoms with Crippen LogP contribution in [0.25, 0.3) is 5.57 Å². The fourth-order valence-corrected chi connectivity index (χ4v) is 2.76. The predicted octanol–water partition coefficient (Wildman–Crippen LogP) is 3.11. The molecule has 0 unspecified atom stereocenters. The van der Waals surface area contributed by atoms with Crippen LogP contribution in [0.3, 0.4) is 0 Å². The lowest BCUT2D eigenvalue weighted by molar-refractivity contribution is -0.127. The van der Waals surface area contributed by atoms with Gasteiger partial charge in [0.15, 0.2) is 0 Å². The lowest BCUT2D eigenvalue weighted by Crippen LogP contribution is -2.33. The number of halogens is 2. The smallest absolute Gasteiger partial charge is 0.255 e. The minimum Gasteiger partial charge on any atom is -0.496 e. The third kappa shape index (κ3) is 6.04. The molecule has 160 valence electrons. The number of hydrogen-bond donors (Lipinski definition) is 2. The Labute approximate surface area is 174 Å². The molecule has 0 spiro atoms. The average molecular weight is 417 g/mol. The molecule has 0 fully saturated rings.